The number of carbonyl (C=O) groups excluding carboxylic acids is 2. The molecule has 3 saturated heterocycles. The number of aliphatic hydroxyl groups excluding tert-OH is 1. The molecule has 2 amide bonds. The van der Waals surface area contributed by atoms with Crippen LogP contribution in [0.2, 0.25) is 0 Å². The van der Waals surface area contributed by atoms with Crippen LogP contribution in [0.5, 0.6) is 0 Å². The van der Waals surface area contributed by atoms with Gasteiger partial charge in [0.1, 0.15) is 5.82 Å². The topological polar surface area (TPSA) is 73.3 Å². The van der Waals surface area contributed by atoms with Crippen molar-refractivity contribution in [2.75, 3.05) is 42.6 Å². The van der Waals surface area contributed by atoms with Gasteiger partial charge < -0.3 is 19.6 Å². The first-order valence-electron chi connectivity index (χ1n) is 11.9. The Labute approximate surface area is 188 Å². The Morgan fingerprint density at radius 1 is 1.03 bits per heavy atom. The number of hydrogen-bond donors (Lipinski definition) is 1. The largest absolute Gasteiger partial charge is 0.449 e. The highest BCUT2D eigenvalue weighted by Crippen LogP contribution is 2.44. The van der Waals surface area contributed by atoms with E-state index in [1.54, 1.807) is 12.1 Å². The molecule has 5 rings (SSSR count). The minimum absolute atomic E-state index is 0.205. The number of anilines is 2. The van der Waals surface area contributed by atoms with Crippen molar-refractivity contribution in [2.24, 2.45) is 5.41 Å². The molecule has 1 aliphatic carbocycles. The molecule has 3 aliphatic heterocycles. The van der Waals surface area contributed by atoms with E-state index in [1.165, 1.54) is 11.0 Å². The van der Waals surface area contributed by atoms with Crippen LogP contribution in [0.1, 0.15) is 51.4 Å². The minimum atomic E-state index is -0.448. The van der Waals surface area contributed by atoms with Gasteiger partial charge in [0, 0.05) is 32.2 Å². The molecular weight excluding hydrogens is 413 g/mol. The van der Waals surface area contributed by atoms with E-state index in [4.69, 9.17) is 4.74 Å². The molecule has 1 atom stereocenters. The number of carbonyl (C=O) groups is 2. The maximum Gasteiger partial charge on any atom is 0.414 e. The van der Waals surface area contributed by atoms with E-state index >= 15 is 4.39 Å². The molecule has 1 aromatic rings. The Morgan fingerprint density at radius 2 is 1.84 bits per heavy atom. The lowest BCUT2D eigenvalue weighted by molar-refractivity contribution is -0.139. The Morgan fingerprint density at radius 3 is 2.59 bits per heavy atom. The predicted molar refractivity (Wildman–Crippen MR) is 118 cm³/mol. The standard InChI is InChI=1S/C24H32FN3O4/c25-20-15-18(28-12-2-14-32-23(28)31)5-8-21(20)26-11-1-9-24(16-26)10-13-27(22(24)30)17-3-6-19(29)7-4-17/h5,8,15,17,19,29H,1-4,6-7,9-14,16H2/t17-,19-,24-/m1/s1. The third-order valence-corrected chi connectivity index (χ3v) is 7.79. The van der Waals surface area contributed by atoms with Crippen LogP contribution >= 0.6 is 0 Å². The number of ether oxygens (including phenoxy) is 1. The van der Waals surface area contributed by atoms with Crippen molar-refractivity contribution < 1.29 is 23.8 Å². The van der Waals surface area contributed by atoms with Crippen molar-refractivity contribution in [2.45, 2.75) is 63.5 Å². The molecule has 4 aliphatic rings. The second-order valence-electron chi connectivity index (χ2n) is 9.77. The summed E-state index contributed by atoms with van der Waals surface area (Å²) in [7, 11) is 0. The van der Waals surface area contributed by atoms with Crippen LogP contribution in [-0.2, 0) is 9.53 Å². The lowest BCUT2D eigenvalue weighted by Gasteiger charge is -2.41. The number of hydrogen-bond acceptors (Lipinski definition) is 5. The number of benzene rings is 1. The molecule has 0 bridgehead atoms. The highest BCUT2D eigenvalue weighted by molar-refractivity contribution is 5.89. The number of halogens is 1. The number of cyclic esters (lactones) is 1. The summed E-state index contributed by atoms with van der Waals surface area (Å²) in [6.45, 7) is 2.92. The highest BCUT2D eigenvalue weighted by atomic mass is 19.1. The van der Waals surface area contributed by atoms with Gasteiger partial charge in [0.15, 0.2) is 0 Å². The van der Waals surface area contributed by atoms with Gasteiger partial charge in [0.05, 0.1) is 29.5 Å². The van der Waals surface area contributed by atoms with Gasteiger partial charge in [-0.1, -0.05) is 0 Å². The molecule has 1 N–H and O–H groups in total. The number of nitrogens with zero attached hydrogens (tertiary/aromatic N) is 3. The van der Waals surface area contributed by atoms with Crippen LogP contribution in [0.15, 0.2) is 18.2 Å². The summed E-state index contributed by atoms with van der Waals surface area (Å²) in [5.74, 6) is -0.168. The second-order valence-corrected chi connectivity index (χ2v) is 9.77. The van der Waals surface area contributed by atoms with Crippen molar-refractivity contribution in [3.63, 3.8) is 0 Å². The minimum Gasteiger partial charge on any atom is -0.449 e. The van der Waals surface area contributed by atoms with E-state index in [1.807, 2.05) is 9.80 Å². The van der Waals surface area contributed by atoms with Crippen LogP contribution < -0.4 is 9.80 Å². The SMILES string of the molecule is O=C1OCCCN1c1ccc(N2CCC[C@@]3(CCN([C@H]4CC[C@H](O)CC4)C3=O)C2)c(F)c1. The molecule has 0 radical (unpaired) electrons. The summed E-state index contributed by atoms with van der Waals surface area (Å²) in [4.78, 5) is 31.0. The molecule has 3 heterocycles. The molecule has 32 heavy (non-hydrogen) atoms. The van der Waals surface area contributed by atoms with E-state index in [0.29, 0.717) is 37.6 Å². The average molecular weight is 446 g/mol. The summed E-state index contributed by atoms with van der Waals surface area (Å²) in [6.07, 6.45) is 5.79. The fraction of sp³-hybridized carbons (Fsp3) is 0.667. The van der Waals surface area contributed by atoms with Gasteiger partial charge in [-0.2, -0.15) is 0 Å². The number of likely N-dealkylation sites (tertiary alicyclic amines) is 1. The number of rotatable bonds is 3. The summed E-state index contributed by atoms with van der Waals surface area (Å²) in [5, 5.41) is 9.81. The molecule has 1 saturated carbocycles. The van der Waals surface area contributed by atoms with Gasteiger partial charge in [-0.15, -0.1) is 0 Å². The highest BCUT2D eigenvalue weighted by Gasteiger charge is 2.50. The van der Waals surface area contributed by atoms with E-state index in [2.05, 4.69) is 0 Å². The van der Waals surface area contributed by atoms with Gasteiger partial charge in [0.25, 0.3) is 0 Å². The number of piperidine rings is 1. The summed E-state index contributed by atoms with van der Waals surface area (Å²) in [5.41, 5.74) is 0.548. The first-order valence-corrected chi connectivity index (χ1v) is 11.9. The van der Waals surface area contributed by atoms with Crippen LogP contribution in [0.4, 0.5) is 20.6 Å². The molecule has 0 aromatic heterocycles. The van der Waals surface area contributed by atoms with Crippen LogP contribution in [0, 0.1) is 11.2 Å². The zero-order valence-electron chi connectivity index (χ0n) is 18.5. The summed E-state index contributed by atoms with van der Waals surface area (Å²) < 4.78 is 20.2. The Bertz CT molecular complexity index is 888. The second kappa shape index (κ2) is 8.54. The van der Waals surface area contributed by atoms with E-state index < -0.39 is 11.5 Å². The van der Waals surface area contributed by atoms with Gasteiger partial charge in [-0.25, -0.2) is 9.18 Å². The maximum atomic E-state index is 15.2. The zero-order chi connectivity index (χ0) is 22.3. The van der Waals surface area contributed by atoms with Gasteiger partial charge in [0.2, 0.25) is 5.91 Å². The summed E-state index contributed by atoms with van der Waals surface area (Å²) >= 11 is 0. The van der Waals surface area contributed by atoms with E-state index in [-0.39, 0.29) is 23.9 Å². The Balaban J connectivity index is 1.31. The van der Waals surface area contributed by atoms with Gasteiger partial charge in [-0.05, 0) is 69.6 Å². The quantitative estimate of drug-likeness (QED) is 0.773. The third kappa shape index (κ3) is 3.83. The van der Waals surface area contributed by atoms with Crippen molar-refractivity contribution in [1.82, 2.24) is 4.90 Å². The lowest BCUT2D eigenvalue weighted by Crippen LogP contribution is -2.50. The van der Waals surface area contributed by atoms with Crippen molar-refractivity contribution in [3.05, 3.63) is 24.0 Å². The zero-order valence-corrected chi connectivity index (χ0v) is 18.5. The fourth-order valence-electron chi connectivity index (χ4n) is 5.99. The molecule has 1 spiro atoms. The van der Waals surface area contributed by atoms with Gasteiger partial charge >= 0.3 is 6.09 Å². The normalized spacial score (nSPS) is 31.4. The van der Waals surface area contributed by atoms with Gasteiger partial charge in [-0.3, -0.25) is 9.69 Å². The molecule has 174 valence electrons. The average Bonchev–Trinajstić information content (AvgIpc) is 3.10. The van der Waals surface area contributed by atoms with Crippen molar-refractivity contribution >= 4 is 23.4 Å². The number of aliphatic hydroxyl groups is 1. The Hall–Kier alpha value is -2.35. The fourth-order valence-corrected chi connectivity index (χ4v) is 5.99. The smallest absolute Gasteiger partial charge is 0.414 e. The summed E-state index contributed by atoms with van der Waals surface area (Å²) in [6, 6.07) is 5.12. The Kier molecular flexibility index (Phi) is 5.73. The molecule has 1 aromatic carbocycles. The first kappa shape index (κ1) is 21.5. The monoisotopic (exact) mass is 445 g/mol. The predicted octanol–water partition coefficient (Wildman–Crippen LogP) is 3.29. The molecule has 4 fully saturated rings. The van der Waals surface area contributed by atoms with Crippen LogP contribution in [0.3, 0.4) is 0 Å². The van der Waals surface area contributed by atoms with E-state index in [9.17, 15) is 14.7 Å². The third-order valence-electron chi connectivity index (χ3n) is 7.79. The molecule has 0 unspecified atom stereocenters. The number of amides is 2. The maximum absolute atomic E-state index is 15.2. The molecular formula is C24H32FN3O4. The first-order chi connectivity index (χ1) is 15.5. The van der Waals surface area contributed by atoms with E-state index in [0.717, 1.165) is 57.9 Å². The lowest BCUT2D eigenvalue weighted by atomic mass is 9.78. The van der Waals surface area contributed by atoms with Crippen molar-refractivity contribution in [3.8, 4) is 0 Å². The van der Waals surface area contributed by atoms with Crippen molar-refractivity contribution in [1.29, 1.82) is 0 Å². The van der Waals surface area contributed by atoms with Crippen LogP contribution in [-0.4, -0.2) is 66.9 Å². The molecule has 7 nitrogen and oxygen atoms in total. The van der Waals surface area contributed by atoms with Crippen LogP contribution in [0.25, 0.3) is 0 Å². The molecule has 8 heteroatoms.